The van der Waals surface area contributed by atoms with Gasteiger partial charge < -0.3 is 14.7 Å². The second-order valence-electron chi connectivity index (χ2n) is 6.00. The highest BCUT2D eigenvalue weighted by molar-refractivity contribution is 8.14. The summed E-state index contributed by atoms with van der Waals surface area (Å²) in [6, 6.07) is 6.92. The number of amidine groups is 1. The highest BCUT2D eigenvalue weighted by atomic mass is 32.2. The largest absolute Gasteiger partial charge is 0.485 e. The lowest BCUT2D eigenvalue weighted by atomic mass is 9.85. The van der Waals surface area contributed by atoms with Gasteiger partial charge in [-0.1, -0.05) is 11.8 Å². The molecule has 0 radical (unpaired) electrons. The molecule has 7 heteroatoms. The number of benzene rings is 1. The van der Waals surface area contributed by atoms with Crippen molar-refractivity contribution in [1.82, 2.24) is 4.90 Å². The zero-order valence-corrected chi connectivity index (χ0v) is 13.7. The molecule has 2 aliphatic rings. The highest BCUT2D eigenvalue weighted by Crippen LogP contribution is 2.45. The number of rotatable bonds is 1. The molecule has 1 aromatic rings. The number of thioether (sulfide) groups is 1. The van der Waals surface area contributed by atoms with Crippen molar-refractivity contribution in [1.29, 1.82) is 10.5 Å². The van der Waals surface area contributed by atoms with E-state index < -0.39 is 17.7 Å². The summed E-state index contributed by atoms with van der Waals surface area (Å²) in [5.74, 6) is 1.45. The molecule has 1 saturated heterocycles. The first-order valence-electron chi connectivity index (χ1n) is 7.25. The van der Waals surface area contributed by atoms with E-state index in [1.54, 1.807) is 18.2 Å². The third-order valence-electron chi connectivity index (χ3n) is 4.13. The van der Waals surface area contributed by atoms with Gasteiger partial charge in [-0.25, -0.2) is 0 Å². The minimum atomic E-state index is -0.813. The molecule has 0 saturated carbocycles. The first kappa shape index (κ1) is 15.7. The maximum Gasteiger partial charge on any atom is 0.208 e. The molecule has 2 atom stereocenters. The fourth-order valence-corrected chi connectivity index (χ4v) is 3.93. The molecule has 1 unspecified atom stereocenters. The van der Waals surface area contributed by atoms with Gasteiger partial charge in [0.05, 0.1) is 17.7 Å². The third-order valence-corrected chi connectivity index (χ3v) is 5.10. The molecular formula is C16H16N4O2S. The summed E-state index contributed by atoms with van der Waals surface area (Å²) in [7, 11) is 0. The van der Waals surface area contributed by atoms with Gasteiger partial charge in [-0.05, 0) is 32.0 Å². The van der Waals surface area contributed by atoms with E-state index >= 15 is 0 Å². The number of ether oxygens (including phenoxy) is 1. The number of aliphatic hydroxyl groups excluding tert-OH is 1. The van der Waals surface area contributed by atoms with Crippen molar-refractivity contribution in [3.8, 4) is 18.0 Å². The van der Waals surface area contributed by atoms with Gasteiger partial charge in [0, 0.05) is 17.9 Å². The molecule has 1 aromatic carbocycles. The molecule has 3 rings (SSSR count). The monoisotopic (exact) mass is 328 g/mol. The Morgan fingerprint density at radius 3 is 2.91 bits per heavy atom. The topological polar surface area (TPSA) is 92.6 Å². The molecule has 0 amide bonds. The summed E-state index contributed by atoms with van der Waals surface area (Å²) in [5, 5.41) is 29.5. The summed E-state index contributed by atoms with van der Waals surface area (Å²) in [6.45, 7) is 4.34. The predicted octanol–water partition coefficient (Wildman–Crippen LogP) is 2.02. The van der Waals surface area contributed by atoms with Crippen molar-refractivity contribution in [3.05, 3.63) is 29.3 Å². The van der Waals surface area contributed by atoms with E-state index in [0.29, 0.717) is 23.0 Å². The van der Waals surface area contributed by atoms with Crippen molar-refractivity contribution < 1.29 is 9.84 Å². The molecule has 23 heavy (non-hydrogen) atoms. The van der Waals surface area contributed by atoms with Crippen LogP contribution >= 0.6 is 11.8 Å². The maximum absolute atomic E-state index is 10.9. The van der Waals surface area contributed by atoms with E-state index in [1.165, 1.54) is 11.8 Å². The fraction of sp³-hybridized carbons (Fsp3) is 0.438. The van der Waals surface area contributed by atoms with Crippen LogP contribution < -0.4 is 4.74 Å². The molecule has 2 aliphatic heterocycles. The van der Waals surface area contributed by atoms with E-state index in [9.17, 15) is 5.11 Å². The predicted molar refractivity (Wildman–Crippen MR) is 86.8 cm³/mol. The number of hydrogen-bond donors (Lipinski definition) is 1. The van der Waals surface area contributed by atoms with Crippen LogP contribution in [0.3, 0.4) is 0 Å². The summed E-state index contributed by atoms with van der Waals surface area (Å²) in [5.41, 5.74) is 0.482. The van der Waals surface area contributed by atoms with Gasteiger partial charge in [-0.3, -0.25) is 0 Å². The van der Waals surface area contributed by atoms with Crippen LogP contribution in [0.25, 0.3) is 0 Å². The Morgan fingerprint density at radius 2 is 2.22 bits per heavy atom. The van der Waals surface area contributed by atoms with Gasteiger partial charge in [-0.15, -0.1) is 4.99 Å². The minimum Gasteiger partial charge on any atom is -0.485 e. The Balaban J connectivity index is 2.13. The van der Waals surface area contributed by atoms with Crippen LogP contribution in [0.2, 0.25) is 0 Å². The average Bonchev–Trinajstić information content (AvgIpc) is 2.96. The molecule has 1 N–H and O–H groups in total. The van der Waals surface area contributed by atoms with Gasteiger partial charge in [-0.2, -0.15) is 10.5 Å². The number of aliphatic imine (C=N–C) groups is 1. The summed E-state index contributed by atoms with van der Waals surface area (Å²) < 4.78 is 5.92. The van der Waals surface area contributed by atoms with Gasteiger partial charge in [0.15, 0.2) is 5.17 Å². The third kappa shape index (κ3) is 2.63. The highest BCUT2D eigenvalue weighted by Gasteiger charge is 2.47. The SMILES string of the molecule is CC1(C)Oc2ccc(C#N)cc2[C@@H](N2CCSC2=NC#N)C1O. The molecule has 118 valence electrons. The minimum absolute atomic E-state index is 0.399. The summed E-state index contributed by atoms with van der Waals surface area (Å²) >= 11 is 1.49. The van der Waals surface area contributed by atoms with Crippen molar-refractivity contribution in [3.63, 3.8) is 0 Å². The Bertz CT molecular complexity index is 747. The van der Waals surface area contributed by atoms with E-state index in [1.807, 2.05) is 24.9 Å². The molecule has 1 fully saturated rings. The molecule has 2 heterocycles. The summed E-state index contributed by atoms with van der Waals surface area (Å²) in [6.07, 6.45) is 1.01. The zero-order valence-electron chi connectivity index (χ0n) is 12.9. The molecular weight excluding hydrogens is 312 g/mol. The zero-order chi connectivity index (χ0) is 16.6. The number of nitriles is 2. The van der Waals surface area contributed by atoms with Crippen molar-refractivity contribution >= 4 is 16.9 Å². The van der Waals surface area contributed by atoms with Crippen LogP contribution in [-0.4, -0.2) is 39.2 Å². The van der Waals surface area contributed by atoms with E-state index in [-0.39, 0.29) is 0 Å². The summed E-state index contributed by atoms with van der Waals surface area (Å²) in [4.78, 5) is 5.81. The molecule has 0 spiro atoms. The Kier molecular flexibility index (Phi) is 3.93. The lowest BCUT2D eigenvalue weighted by Crippen LogP contribution is -2.53. The quantitative estimate of drug-likeness (QED) is 0.793. The van der Waals surface area contributed by atoms with Crippen LogP contribution in [0.5, 0.6) is 5.75 Å². The second-order valence-corrected chi connectivity index (χ2v) is 7.06. The van der Waals surface area contributed by atoms with Gasteiger partial charge in [0.2, 0.25) is 6.19 Å². The number of aliphatic hydroxyl groups is 1. The molecule has 0 aromatic heterocycles. The van der Waals surface area contributed by atoms with Crippen molar-refractivity contribution in [2.24, 2.45) is 4.99 Å². The van der Waals surface area contributed by atoms with Crippen LogP contribution in [-0.2, 0) is 0 Å². The van der Waals surface area contributed by atoms with E-state index in [0.717, 1.165) is 11.3 Å². The smallest absolute Gasteiger partial charge is 0.208 e. The number of fused-ring (bicyclic) bond motifs is 1. The van der Waals surface area contributed by atoms with Crippen molar-refractivity contribution in [2.75, 3.05) is 12.3 Å². The Morgan fingerprint density at radius 1 is 1.43 bits per heavy atom. The lowest BCUT2D eigenvalue weighted by molar-refractivity contribution is -0.0800. The molecule has 0 aliphatic carbocycles. The van der Waals surface area contributed by atoms with E-state index in [2.05, 4.69) is 11.1 Å². The fourth-order valence-electron chi connectivity index (χ4n) is 2.99. The van der Waals surface area contributed by atoms with Gasteiger partial charge >= 0.3 is 0 Å². The first-order valence-corrected chi connectivity index (χ1v) is 8.24. The van der Waals surface area contributed by atoms with Gasteiger partial charge in [0.25, 0.3) is 0 Å². The molecule has 6 nitrogen and oxygen atoms in total. The average molecular weight is 328 g/mol. The number of hydrogen-bond acceptors (Lipinski definition) is 6. The van der Waals surface area contributed by atoms with Crippen LogP contribution in [0, 0.1) is 22.8 Å². The van der Waals surface area contributed by atoms with Crippen LogP contribution in [0.4, 0.5) is 0 Å². The van der Waals surface area contributed by atoms with Crippen molar-refractivity contribution in [2.45, 2.75) is 31.6 Å². The second kappa shape index (κ2) is 5.77. The lowest BCUT2D eigenvalue weighted by Gasteiger charge is -2.45. The van der Waals surface area contributed by atoms with Gasteiger partial charge in [0.1, 0.15) is 17.5 Å². The number of nitrogens with zero attached hydrogens (tertiary/aromatic N) is 4. The Hall–Kier alpha value is -2.22. The van der Waals surface area contributed by atoms with E-state index in [4.69, 9.17) is 15.3 Å². The van der Waals surface area contributed by atoms with Crippen LogP contribution in [0.15, 0.2) is 23.2 Å². The molecule has 0 bridgehead atoms. The maximum atomic E-state index is 10.9. The van der Waals surface area contributed by atoms with Crippen LogP contribution in [0.1, 0.15) is 31.0 Å². The standard InChI is InChI=1S/C16H16N4O2S/c1-16(2)14(21)13(20-5-6-23-15(20)19-9-18)11-7-10(8-17)3-4-12(11)22-16/h3-4,7,13-14,21H,5-6H2,1-2H3/t13-,14?/m1/s1. The Labute approximate surface area is 139 Å². The normalized spacial score (nSPS) is 27.0. The first-order chi connectivity index (χ1) is 11.0.